The Morgan fingerprint density at radius 3 is 2.74 bits per heavy atom. The second-order valence-electron chi connectivity index (χ2n) is 6.14. The molecule has 0 radical (unpaired) electrons. The van der Waals surface area contributed by atoms with Gasteiger partial charge in [0.1, 0.15) is 0 Å². The molecule has 6 heteroatoms. The van der Waals surface area contributed by atoms with Crippen molar-refractivity contribution in [3.8, 4) is 0 Å². The van der Waals surface area contributed by atoms with Gasteiger partial charge in [-0.05, 0) is 50.3 Å². The third-order valence-electron chi connectivity index (χ3n) is 4.21. The maximum absolute atomic E-state index is 12.2. The number of rotatable bonds is 5. The molecule has 0 bridgehead atoms. The van der Waals surface area contributed by atoms with E-state index in [1.54, 1.807) is 4.90 Å². The van der Waals surface area contributed by atoms with Crippen molar-refractivity contribution in [1.29, 1.82) is 0 Å². The third kappa shape index (κ3) is 5.53. The zero-order valence-electron chi connectivity index (χ0n) is 13.3. The first-order chi connectivity index (χ1) is 11.0. The van der Waals surface area contributed by atoms with Crippen LogP contribution in [0.3, 0.4) is 0 Å². The molecule has 0 saturated carbocycles. The molecule has 2 atom stereocenters. The Balaban J connectivity index is 1.77. The molecule has 0 aliphatic carbocycles. The molecule has 2 unspecified atom stereocenters. The van der Waals surface area contributed by atoms with Gasteiger partial charge in [-0.3, -0.25) is 4.79 Å². The first-order valence-electron chi connectivity index (χ1n) is 7.98. The highest BCUT2D eigenvalue weighted by molar-refractivity contribution is 9.10. The van der Waals surface area contributed by atoms with Crippen LogP contribution in [0.2, 0.25) is 0 Å². The monoisotopic (exact) mass is 382 g/mol. The Bertz CT molecular complexity index is 547. The predicted octanol–water partition coefficient (Wildman–Crippen LogP) is 3.28. The van der Waals surface area contributed by atoms with Gasteiger partial charge in [-0.1, -0.05) is 28.1 Å². The van der Waals surface area contributed by atoms with E-state index in [0.29, 0.717) is 19.5 Å². The van der Waals surface area contributed by atoms with Gasteiger partial charge in [0.05, 0.1) is 5.92 Å². The standard InChI is InChI=1S/C17H23BrN2O3/c1-12(4-5-13-6-8-15(18)9-7-13)19-17(23)20-10-2-3-14(11-20)16(21)22/h6-9,12,14H,2-5,10-11H2,1H3,(H,19,23)(H,21,22). The van der Waals surface area contributed by atoms with Gasteiger partial charge in [0.2, 0.25) is 0 Å². The lowest BCUT2D eigenvalue weighted by Crippen LogP contribution is -2.49. The summed E-state index contributed by atoms with van der Waals surface area (Å²) in [6, 6.07) is 8.06. The topological polar surface area (TPSA) is 69.6 Å². The zero-order valence-corrected chi connectivity index (χ0v) is 14.9. The van der Waals surface area contributed by atoms with Gasteiger partial charge in [-0.2, -0.15) is 0 Å². The smallest absolute Gasteiger partial charge is 0.317 e. The Labute approximate surface area is 145 Å². The molecule has 5 nitrogen and oxygen atoms in total. The predicted molar refractivity (Wildman–Crippen MR) is 92.4 cm³/mol. The molecule has 2 rings (SSSR count). The Hall–Kier alpha value is -1.56. The summed E-state index contributed by atoms with van der Waals surface area (Å²) in [5.41, 5.74) is 1.23. The number of halogens is 1. The summed E-state index contributed by atoms with van der Waals surface area (Å²) >= 11 is 3.41. The molecule has 0 aromatic heterocycles. The van der Waals surface area contributed by atoms with Crippen LogP contribution in [0.5, 0.6) is 0 Å². The third-order valence-corrected chi connectivity index (χ3v) is 4.74. The van der Waals surface area contributed by atoms with Crippen molar-refractivity contribution < 1.29 is 14.7 Å². The molecule has 1 aromatic carbocycles. The van der Waals surface area contributed by atoms with E-state index in [4.69, 9.17) is 5.11 Å². The van der Waals surface area contributed by atoms with Gasteiger partial charge < -0.3 is 15.3 Å². The number of carboxylic acids is 1. The van der Waals surface area contributed by atoms with E-state index < -0.39 is 11.9 Å². The van der Waals surface area contributed by atoms with Gasteiger partial charge in [0.15, 0.2) is 0 Å². The van der Waals surface area contributed by atoms with E-state index in [2.05, 4.69) is 33.4 Å². The number of amides is 2. The van der Waals surface area contributed by atoms with E-state index in [1.165, 1.54) is 5.56 Å². The van der Waals surface area contributed by atoms with Crippen LogP contribution in [0.1, 0.15) is 31.7 Å². The maximum Gasteiger partial charge on any atom is 0.317 e. The van der Waals surface area contributed by atoms with Crippen molar-refractivity contribution in [2.75, 3.05) is 13.1 Å². The minimum atomic E-state index is -0.814. The molecule has 1 aliphatic heterocycles. The molecule has 126 valence electrons. The van der Waals surface area contributed by atoms with E-state index in [0.717, 1.165) is 23.7 Å². The molecule has 1 fully saturated rings. The van der Waals surface area contributed by atoms with Gasteiger partial charge in [-0.25, -0.2) is 4.79 Å². The molecule has 1 saturated heterocycles. The summed E-state index contributed by atoms with van der Waals surface area (Å²) in [6.45, 7) is 2.92. The number of aryl methyl sites for hydroxylation is 1. The molecule has 1 aliphatic rings. The van der Waals surface area contributed by atoms with Crippen LogP contribution in [0.15, 0.2) is 28.7 Å². The molecular formula is C17H23BrN2O3. The highest BCUT2D eigenvalue weighted by Gasteiger charge is 2.28. The molecule has 0 spiro atoms. The number of hydrogen-bond donors (Lipinski definition) is 2. The fraction of sp³-hybridized carbons (Fsp3) is 0.529. The second-order valence-corrected chi connectivity index (χ2v) is 7.05. The number of carbonyl (C=O) groups is 2. The first kappa shape index (κ1) is 17.8. The van der Waals surface area contributed by atoms with Gasteiger partial charge in [0.25, 0.3) is 0 Å². The average molecular weight is 383 g/mol. The summed E-state index contributed by atoms with van der Waals surface area (Å²) in [4.78, 5) is 24.9. The number of carbonyl (C=O) groups excluding carboxylic acids is 1. The summed E-state index contributed by atoms with van der Waals surface area (Å²) in [7, 11) is 0. The SMILES string of the molecule is CC(CCc1ccc(Br)cc1)NC(=O)N1CCCC(C(=O)O)C1. The summed E-state index contributed by atoms with van der Waals surface area (Å²) in [6.07, 6.45) is 3.14. The molecule has 23 heavy (non-hydrogen) atoms. The largest absolute Gasteiger partial charge is 0.481 e. The summed E-state index contributed by atoms with van der Waals surface area (Å²) < 4.78 is 1.06. The van der Waals surface area contributed by atoms with Crippen molar-refractivity contribution in [1.82, 2.24) is 10.2 Å². The number of nitrogens with one attached hydrogen (secondary N) is 1. The van der Waals surface area contributed by atoms with Crippen molar-refractivity contribution in [2.24, 2.45) is 5.92 Å². The molecule has 2 amide bonds. The average Bonchev–Trinajstić information content (AvgIpc) is 2.54. The summed E-state index contributed by atoms with van der Waals surface area (Å²) in [5.74, 6) is -1.25. The van der Waals surface area contributed by atoms with Crippen LogP contribution in [-0.4, -0.2) is 41.1 Å². The van der Waals surface area contributed by atoms with Crippen molar-refractivity contribution in [3.05, 3.63) is 34.3 Å². The molecule has 2 N–H and O–H groups in total. The Kier molecular flexibility index (Phi) is 6.45. The van der Waals surface area contributed by atoms with E-state index in [-0.39, 0.29) is 12.1 Å². The zero-order chi connectivity index (χ0) is 16.8. The van der Waals surface area contributed by atoms with Crippen LogP contribution in [-0.2, 0) is 11.2 Å². The van der Waals surface area contributed by atoms with Crippen LogP contribution in [0, 0.1) is 5.92 Å². The fourth-order valence-electron chi connectivity index (χ4n) is 2.77. The maximum atomic E-state index is 12.2. The molecule has 1 aromatic rings. The van der Waals surface area contributed by atoms with Gasteiger partial charge >= 0.3 is 12.0 Å². The van der Waals surface area contributed by atoms with Crippen molar-refractivity contribution in [2.45, 2.75) is 38.6 Å². The quantitative estimate of drug-likeness (QED) is 0.820. The molecule has 1 heterocycles. The van der Waals surface area contributed by atoms with Crippen LogP contribution in [0.4, 0.5) is 4.79 Å². The minimum Gasteiger partial charge on any atom is -0.481 e. The lowest BCUT2D eigenvalue weighted by molar-refractivity contribution is -0.143. The lowest BCUT2D eigenvalue weighted by atomic mass is 9.98. The minimum absolute atomic E-state index is 0.0522. The number of nitrogens with zero attached hydrogens (tertiary/aromatic N) is 1. The molecular weight excluding hydrogens is 360 g/mol. The first-order valence-corrected chi connectivity index (χ1v) is 8.77. The van der Waals surface area contributed by atoms with Crippen molar-refractivity contribution in [3.63, 3.8) is 0 Å². The number of carboxylic acid groups (broad SMARTS) is 1. The van der Waals surface area contributed by atoms with Crippen molar-refractivity contribution >= 4 is 27.9 Å². The van der Waals surface area contributed by atoms with Crippen LogP contribution in [0.25, 0.3) is 0 Å². The Morgan fingerprint density at radius 2 is 2.09 bits per heavy atom. The normalized spacial score (nSPS) is 19.2. The lowest BCUT2D eigenvalue weighted by Gasteiger charge is -2.31. The number of urea groups is 1. The fourth-order valence-corrected chi connectivity index (χ4v) is 3.04. The highest BCUT2D eigenvalue weighted by Crippen LogP contribution is 2.17. The van der Waals surface area contributed by atoms with Crippen LogP contribution >= 0.6 is 15.9 Å². The van der Waals surface area contributed by atoms with Crippen LogP contribution < -0.4 is 5.32 Å². The van der Waals surface area contributed by atoms with E-state index in [1.807, 2.05) is 19.1 Å². The number of benzene rings is 1. The highest BCUT2D eigenvalue weighted by atomic mass is 79.9. The van der Waals surface area contributed by atoms with E-state index in [9.17, 15) is 9.59 Å². The number of aliphatic carboxylic acids is 1. The number of hydrogen-bond acceptors (Lipinski definition) is 2. The number of piperidine rings is 1. The number of likely N-dealkylation sites (tertiary alicyclic amines) is 1. The van der Waals surface area contributed by atoms with Gasteiger partial charge in [0, 0.05) is 23.6 Å². The van der Waals surface area contributed by atoms with Gasteiger partial charge in [-0.15, -0.1) is 0 Å². The second kappa shape index (κ2) is 8.34. The Morgan fingerprint density at radius 1 is 1.39 bits per heavy atom. The van der Waals surface area contributed by atoms with E-state index >= 15 is 0 Å². The summed E-state index contributed by atoms with van der Waals surface area (Å²) in [5, 5.41) is 12.1.